The topological polar surface area (TPSA) is 63.7 Å². The molecule has 0 aliphatic carbocycles. The van der Waals surface area contributed by atoms with Crippen LogP contribution in [-0.4, -0.2) is 32.2 Å². The van der Waals surface area contributed by atoms with E-state index in [9.17, 15) is 13.2 Å². The average molecular weight is 346 g/mol. The number of rotatable bonds is 4. The van der Waals surface area contributed by atoms with Gasteiger partial charge in [-0.05, 0) is 45.0 Å². The van der Waals surface area contributed by atoms with Gasteiger partial charge >= 0.3 is 0 Å². The quantitative estimate of drug-likeness (QED) is 0.787. The molecule has 122 valence electrons. The first kappa shape index (κ1) is 17.1. The van der Waals surface area contributed by atoms with Crippen LogP contribution < -0.4 is 9.64 Å². The molecular formula is C15H20ClNO4S. The summed E-state index contributed by atoms with van der Waals surface area (Å²) >= 11 is 0. The minimum atomic E-state index is -3.59. The van der Waals surface area contributed by atoms with Gasteiger partial charge in [0.25, 0.3) is 0 Å². The van der Waals surface area contributed by atoms with Crippen LogP contribution in [0.15, 0.2) is 24.3 Å². The van der Waals surface area contributed by atoms with Gasteiger partial charge in [-0.1, -0.05) is 0 Å². The molecule has 0 saturated carbocycles. The van der Waals surface area contributed by atoms with E-state index < -0.39 is 9.05 Å². The van der Waals surface area contributed by atoms with E-state index in [0.29, 0.717) is 6.54 Å². The summed E-state index contributed by atoms with van der Waals surface area (Å²) in [6.07, 6.45) is 0.201. The Hall–Kier alpha value is -1.27. The largest absolute Gasteiger partial charge is 0.488 e. The Morgan fingerprint density at radius 3 is 2.36 bits per heavy atom. The van der Waals surface area contributed by atoms with E-state index >= 15 is 0 Å². The van der Waals surface area contributed by atoms with Crippen LogP contribution in [0, 0.1) is 5.92 Å². The number of ether oxygens (including phenoxy) is 1. The second-order valence-corrected chi connectivity index (χ2v) is 9.31. The molecule has 1 fully saturated rings. The zero-order chi connectivity index (χ0) is 16.5. The summed E-state index contributed by atoms with van der Waals surface area (Å²) in [5.41, 5.74) is 0.450. The van der Waals surface area contributed by atoms with Gasteiger partial charge in [-0.15, -0.1) is 0 Å². The third-order valence-electron chi connectivity index (χ3n) is 3.21. The molecule has 1 aliphatic heterocycles. The summed E-state index contributed by atoms with van der Waals surface area (Å²) in [6, 6.07) is 7.21. The summed E-state index contributed by atoms with van der Waals surface area (Å²) in [5.74, 6) is 0.195. The Labute approximate surface area is 135 Å². The van der Waals surface area contributed by atoms with Crippen LogP contribution >= 0.6 is 10.7 Å². The van der Waals surface area contributed by atoms with Gasteiger partial charge in [-0.2, -0.15) is 0 Å². The molecule has 1 heterocycles. The van der Waals surface area contributed by atoms with E-state index in [2.05, 4.69) is 0 Å². The Balaban J connectivity index is 2.07. The zero-order valence-electron chi connectivity index (χ0n) is 12.9. The maximum absolute atomic E-state index is 12.0. The summed E-state index contributed by atoms with van der Waals surface area (Å²) in [4.78, 5) is 13.6. The molecule has 0 N–H and O–H groups in total. The van der Waals surface area contributed by atoms with Crippen molar-refractivity contribution in [3.05, 3.63) is 24.3 Å². The highest BCUT2D eigenvalue weighted by atomic mass is 35.7. The summed E-state index contributed by atoms with van der Waals surface area (Å²) in [7, 11) is 1.67. The number of anilines is 1. The Morgan fingerprint density at radius 2 is 1.86 bits per heavy atom. The molecule has 22 heavy (non-hydrogen) atoms. The second-order valence-electron chi connectivity index (χ2n) is 6.49. The molecule has 1 amide bonds. The zero-order valence-corrected chi connectivity index (χ0v) is 14.4. The molecule has 0 radical (unpaired) electrons. The van der Waals surface area contributed by atoms with E-state index in [1.165, 1.54) is 0 Å². The second kappa shape index (κ2) is 6.08. The number of halogens is 1. The maximum Gasteiger partial charge on any atom is 0.232 e. The van der Waals surface area contributed by atoms with E-state index in [1.807, 2.05) is 20.8 Å². The number of nitrogens with zero attached hydrogens (tertiary/aromatic N) is 1. The van der Waals surface area contributed by atoms with E-state index in [4.69, 9.17) is 15.4 Å². The monoisotopic (exact) mass is 345 g/mol. The van der Waals surface area contributed by atoms with E-state index in [-0.39, 0.29) is 29.6 Å². The molecule has 1 saturated heterocycles. The van der Waals surface area contributed by atoms with E-state index in [1.54, 1.807) is 29.2 Å². The van der Waals surface area contributed by atoms with E-state index in [0.717, 1.165) is 11.4 Å². The first-order valence-corrected chi connectivity index (χ1v) is 9.53. The van der Waals surface area contributed by atoms with Crippen molar-refractivity contribution in [3.8, 4) is 5.75 Å². The fourth-order valence-corrected chi connectivity index (χ4v) is 3.79. The minimum absolute atomic E-state index is 0.0881. The first-order chi connectivity index (χ1) is 10.0. The molecule has 0 spiro atoms. The van der Waals surface area contributed by atoms with Crippen molar-refractivity contribution < 1.29 is 17.9 Å². The highest BCUT2D eigenvalue weighted by molar-refractivity contribution is 8.13. The highest BCUT2D eigenvalue weighted by Crippen LogP contribution is 2.28. The third-order valence-corrected chi connectivity index (χ3v) is 4.46. The smallest absolute Gasteiger partial charge is 0.232 e. The molecule has 0 bridgehead atoms. The highest BCUT2D eigenvalue weighted by Gasteiger charge is 2.33. The Morgan fingerprint density at radius 1 is 1.27 bits per heavy atom. The summed E-state index contributed by atoms with van der Waals surface area (Å²) in [6.45, 7) is 6.25. The number of benzene rings is 1. The lowest BCUT2D eigenvalue weighted by Crippen LogP contribution is -2.25. The van der Waals surface area contributed by atoms with Gasteiger partial charge in [0, 0.05) is 35.3 Å². The SMILES string of the molecule is CC(C)(C)Oc1ccc(N2CC(CS(=O)(=O)Cl)CC2=O)cc1. The van der Waals surface area contributed by atoms with Crippen LogP contribution in [-0.2, 0) is 13.8 Å². The number of amides is 1. The molecular weight excluding hydrogens is 326 g/mol. The predicted molar refractivity (Wildman–Crippen MR) is 86.9 cm³/mol. The lowest BCUT2D eigenvalue weighted by atomic mass is 10.1. The molecule has 2 rings (SSSR count). The Kier molecular flexibility index (Phi) is 4.73. The van der Waals surface area contributed by atoms with Gasteiger partial charge in [-0.3, -0.25) is 4.79 Å². The van der Waals surface area contributed by atoms with Crippen molar-refractivity contribution in [3.63, 3.8) is 0 Å². The van der Waals surface area contributed by atoms with Gasteiger partial charge in [0.15, 0.2) is 0 Å². The number of carbonyl (C=O) groups is 1. The fourth-order valence-electron chi connectivity index (χ4n) is 2.47. The van der Waals surface area contributed by atoms with Crippen molar-refractivity contribution in [2.45, 2.75) is 32.8 Å². The lowest BCUT2D eigenvalue weighted by Gasteiger charge is -2.22. The predicted octanol–water partition coefficient (Wildman–Crippen LogP) is 2.79. The Bertz CT molecular complexity index is 649. The molecule has 5 nitrogen and oxygen atoms in total. The molecule has 1 aromatic rings. The van der Waals surface area contributed by atoms with Gasteiger partial charge in [0.2, 0.25) is 15.0 Å². The molecule has 1 unspecified atom stereocenters. The number of hydrogen-bond acceptors (Lipinski definition) is 4. The van der Waals surface area contributed by atoms with Crippen LogP contribution in [0.4, 0.5) is 5.69 Å². The number of hydrogen-bond donors (Lipinski definition) is 0. The first-order valence-electron chi connectivity index (χ1n) is 7.05. The molecule has 1 aliphatic rings. The van der Waals surface area contributed by atoms with Crippen LogP contribution in [0.1, 0.15) is 27.2 Å². The standard InChI is InChI=1S/C15H20ClNO4S/c1-15(2,3)21-13-6-4-12(5-7-13)17-9-11(8-14(17)18)10-22(16,19)20/h4-7,11H,8-10H2,1-3H3. The van der Waals surface area contributed by atoms with Gasteiger partial charge in [0.1, 0.15) is 11.4 Å². The van der Waals surface area contributed by atoms with Crippen LogP contribution in [0.3, 0.4) is 0 Å². The minimum Gasteiger partial charge on any atom is -0.488 e. The molecule has 1 atom stereocenters. The van der Waals surface area contributed by atoms with Crippen molar-refractivity contribution >= 4 is 31.3 Å². The van der Waals surface area contributed by atoms with Crippen molar-refractivity contribution in [1.29, 1.82) is 0 Å². The molecule has 7 heteroatoms. The fraction of sp³-hybridized carbons (Fsp3) is 0.533. The van der Waals surface area contributed by atoms with Crippen molar-refractivity contribution in [2.75, 3.05) is 17.2 Å². The van der Waals surface area contributed by atoms with Crippen LogP contribution in [0.2, 0.25) is 0 Å². The van der Waals surface area contributed by atoms with Gasteiger partial charge < -0.3 is 9.64 Å². The van der Waals surface area contributed by atoms with Gasteiger partial charge in [-0.25, -0.2) is 8.42 Å². The van der Waals surface area contributed by atoms with Crippen LogP contribution in [0.25, 0.3) is 0 Å². The summed E-state index contributed by atoms with van der Waals surface area (Å²) in [5, 5.41) is 0. The normalized spacial score (nSPS) is 19.5. The molecule has 0 aromatic heterocycles. The van der Waals surface area contributed by atoms with Crippen molar-refractivity contribution in [1.82, 2.24) is 0 Å². The summed E-state index contributed by atoms with van der Waals surface area (Å²) < 4.78 is 28.0. The lowest BCUT2D eigenvalue weighted by molar-refractivity contribution is -0.117. The van der Waals surface area contributed by atoms with Gasteiger partial charge in [0.05, 0.1) is 5.75 Å². The molecule has 1 aromatic carbocycles. The number of carbonyl (C=O) groups excluding carboxylic acids is 1. The third kappa shape index (κ3) is 4.88. The van der Waals surface area contributed by atoms with Crippen molar-refractivity contribution in [2.24, 2.45) is 5.92 Å². The average Bonchev–Trinajstić information content (AvgIpc) is 2.66. The van der Waals surface area contributed by atoms with Crippen LogP contribution in [0.5, 0.6) is 5.75 Å². The maximum atomic E-state index is 12.0.